The highest BCUT2D eigenvalue weighted by molar-refractivity contribution is 6.30. The molecule has 0 aliphatic heterocycles. The molecule has 146 valence electrons. The smallest absolute Gasteiger partial charge is 0.270 e. The molecule has 29 heavy (non-hydrogen) atoms. The number of pyridine rings is 3. The first-order valence-corrected chi connectivity index (χ1v) is 9.57. The second kappa shape index (κ2) is 7.29. The lowest BCUT2D eigenvalue weighted by atomic mass is 10.1. The first-order valence-electron chi connectivity index (χ1n) is 9.20. The zero-order chi connectivity index (χ0) is 20.6. The van der Waals surface area contributed by atoms with Crippen LogP contribution in [0.5, 0.6) is 0 Å². The van der Waals surface area contributed by atoms with Gasteiger partial charge in [-0.3, -0.25) is 9.78 Å². The van der Waals surface area contributed by atoms with Crippen LogP contribution in [0, 0.1) is 0 Å². The number of nitrogens with zero attached hydrogens (tertiary/aromatic N) is 3. The Labute approximate surface area is 173 Å². The zero-order valence-corrected chi connectivity index (χ0v) is 17.1. The largest absolute Gasteiger partial charge is 0.346 e. The summed E-state index contributed by atoms with van der Waals surface area (Å²) in [6, 6.07) is 12.9. The first-order chi connectivity index (χ1) is 13.8. The normalized spacial score (nSPS) is 11.6. The molecule has 4 aromatic rings. The average Bonchev–Trinajstić information content (AvgIpc) is 2.66. The molecule has 0 aliphatic rings. The Kier molecular flexibility index (Phi) is 4.80. The van der Waals surface area contributed by atoms with E-state index in [1.165, 1.54) is 0 Å². The summed E-state index contributed by atoms with van der Waals surface area (Å²) in [5, 5.41) is 9.49. The summed E-state index contributed by atoms with van der Waals surface area (Å²) >= 11 is 6.11. The van der Waals surface area contributed by atoms with Crippen molar-refractivity contribution in [2.75, 3.05) is 5.32 Å². The van der Waals surface area contributed by atoms with Gasteiger partial charge >= 0.3 is 0 Å². The Hall–Kier alpha value is -3.25. The minimum Gasteiger partial charge on any atom is -0.346 e. The van der Waals surface area contributed by atoms with Crippen LogP contribution in [0.3, 0.4) is 0 Å². The molecule has 0 saturated carbocycles. The van der Waals surface area contributed by atoms with Crippen molar-refractivity contribution in [3.63, 3.8) is 0 Å². The van der Waals surface area contributed by atoms with Crippen LogP contribution < -0.4 is 10.6 Å². The summed E-state index contributed by atoms with van der Waals surface area (Å²) in [7, 11) is 0. The Morgan fingerprint density at radius 1 is 1.00 bits per heavy atom. The number of amides is 1. The number of carbonyl (C=O) groups excluding carboxylic acids is 1. The molecule has 3 heterocycles. The molecule has 0 bridgehead atoms. The fourth-order valence-electron chi connectivity index (χ4n) is 3.05. The Bertz CT molecular complexity index is 1230. The van der Waals surface area contributed by atoms with Gasteiger partial charge in [-0.1, -0.05) is 17.7 Å². The number of rotatable bonds is 3. The quantitative estimate of drug-likeness (QED) is 0.463. The molecule has 0 unspecified atom stereocenters. The molecule has 0 radical (unpaired) electrons. The third-order valence-electron chi connectivity index (χ3n) is 4.27. The van der Waals surface area contributed by atoms with Crippen LogP contribution in [-0.4, -0.2) is 26.4 Å². The molecule has 0 spiro atoms. The van der Waals surface area contributed by atoms with Crippen molar-refractivity contribution in [2.45, 2.75) is 26.3 Å². The number of anilines is 2. The molecular weight excluding hydrogens is 386 g/mol. The van der Waals surface area contributed by atoms with Gasteiger partial charge in [-0.2, -0.15) is 0 Å². The molecule has 0 aliphatic carbocycles. The lowest BCUT2D eigenvalue weighted by Crippen LogP contribution is -2.40. The Morgan fingerprint density at radius 3 is 2.59 bits per heavy atom. The molecule has 4 rings (SSSR count). The van der Waals surface area contributed by atoms with Gasteiger partial charge in [0.1, 0.15) is 11.5 Å². The monoisotopic (exact) mass is 405 g/mol. The van der Waals surface area contributed by atoms with Gasteiger partial charge < -0.3 is 10.6 Å². The fourth-order valence-corrected chi connectivity index (χ4v) is 3.25. The summed E-state index contributed by atoms with van der Waals surface area (Å²) in [4.78, 5) is 26.0. The second-order valence-corrected chi connectivity index (χ2v) is 8.23. The van der Waals surface area contributed by atoms with Crippen LogP contribution in [0.2, 0.25) is 5.02 Å². The van der Waals surface area contributed by atoms with Gasteiger partial charge in [0.05, 0.1) is 0 Å². The van der Waals surface area contributed by atoms with Crippen LogP contribution in [0.15, 0.2) is 54.9 Å². The van der Waals surface area contributed by atoms with Gasteiger partial charge in [-0.25, -0.2) is 9.97 Å². The van der Waals surface area contributed by atoms with Crippen LogP contribution in [0.4, 0.5) is 11.5 Å². The van der Waals surface area contributed by atoms with Crippen LogP contribution >= 0.6 is 11.6 Å². The van der Waals surface area contributed by atoms with Crippen molar-refractivity contribution in [2.24, 2.45) is 0 Å². The molecule has 0 fully saturated rings. The number of halogens is 1. The van der Waals surface area contributed by atoms with E-state index in [2.05, 4.69) is 20.6 Å². The molecule has 7 heteroatoms. The number of fused-ring (bicyclic) bond motifs is 3. The fraction of sp³-hybridized carbons (Fsp3) is 0.182. The number of hydrogen-bond acceptors (Lipinski definition) is 5. The van der Waals surface area contributed by atoms with E-state index in [1.807, 2.05) is 57.2 Å². The van der Waals surface area contributed by atoms with E-state index in [0.717, 1.165) is 21.8 Å². The van der Waals surface area contributed by atoms with Crippen molar-refractivity contribution in [3.05, 3.63) is 65.6 Å². The van der Waals surface area contributed by atoms with Gasteiger partial charge in [0.2, 0.25) is 0 Å². The second-order valence-electron chi connectivity index (χ2n) is 7.79. The summed E-state index contributed by atoms with van der Waals surface area (Å²) < 4.78 is 0. The molecule has 1 aromatic carbocycles. The van der Waals surface area contributed by atoms with E-state index in [1.54, 1.807) is 18.5 Å². The highest BCUT2D eigenvalue weighted by atomic mass is 35.5. The van der Waals surface area contributed by atoms with Gasteiger partial charge in [-0.15, -0.1) is 0 Å². The maximum absolute atomic E-state index is 12.5. The first kappa shape index (κ1) is 19.1. The summed E-state index contributed by atoms with van der Waals surface area (Å²) in [5.41, 5.74) is 1.24. The van der Waals surface area contributed by atoms with E-state index in [4.69, 9.17) is 16.6 Å². The number of carbonyl (C=O) groups is 1. The zero-order valence-electron chi connectivity index (χ0n) is 16.3. The van der Waals surface area contributed by atoms with Crippen LogP contribution in [0.1, 0.15) is 31.3 Å². The standard InChI is InChI=1S/C22H20ClN5O/c1-22(2,3)28-21(29)18-8-7-15-17-12-24-10-9-16(17)19(27-20(15)26-18)25-14-6-4-5-13(23)11-14/h4-12H,1-3H3,(H,28,29)(H,25,26,27). The summed E-state index contributed by atoms with van der Waals surface area (Å²) in [5.74, 6) is 0.384. The predicted octanol–water partition coefficient (Wildman–Crippen LogP) is 5.10. The van der Waals surface area contributed by atoms with Gasteiger partial charge in [0, 0.05) is 44.8 Å². The third-order valence-corrected chi connectivity index (χ3v) is 4.50. The number of hydrogen-bond donors (Lipinski definition) is 2. The number of nitrogens with one attached hydrogen (secondary N) is 2. The highest BCUT2D eigenvalue weighted by Gasteiger charge is 2.18. The number of benzene rings is 1. The molecule has 3 aromatic heterocycles. The molecular formula is C22H20ClN5O. The summed E-state index contributed by atoms with van der Waals surface area (Å²) in [6.45, 7) is 5.78. The average molecular weight is 406 g/mol. The maximum Gasteiger partial charge on any atom is 0.270 e. The predicted molar refractivity (Wildman–Crippen MR) is 117 cm³/mol. The highest BCUT2D eigenvalue weighted by Crippen LogP contribution is 2.30. The van der Waals surface area contributed by atoms with E-state index < -0.39 is 0 Å². The van der Waals surface area contributed by atoms with Crippen molar-refractivity contribution in [1.29, 1.82) is 0 Å². The minimum absolute atomic E-state index is 0.239. The van der Waals surface area contributed by atoms with E-state index in [0.29, 0.717) is 22.2 Å². The topological polar surface area (TPSA) is 79.8 Å². The molecule has 6 nitrogen and oxygen atoms in total. The van der Waals surface area contributed by atoms with Gasteiger partial charge in [-0.05, 0) is 57.2 Å². The van der Waals surface area contributed by atoms with Crippen LogP contribution in [-0.2, 0) is 0 Å². The summed E-state index contributed by atoms with van der Waals surface area (Å²) in [6.07, 6.45) is 3.50. The Morgan fingerprint density at radius 2 is 1.83 bits per heavy atom. The van der Waals surface area contributed by atoms with E-state index >= 15 is 0 Å². The molecule has 2 N–H and O–H groups in total. The van der Waals surface area contributed by atoms with Crippen molar-refractivity contribution >= 4 is 50.8 Å². The van der Waals surface area contributed by atoms with Gasteiger partial charge in [0.15, 0.2) is 5.65 Å². The molecule has 0 atom stereocenters. The van der Waals surface area contributed by atoms with Crippen molar-refractivity contribution in [1.82, 2.24) is 20.3 Å². The molecule has 1 amide bonds. The van der Waals surface area contributed by atoms with E-state index in [-0.39, 0.29) is 11.4 Å². The Balaban J connectivity index is 1.84. The SMILES string of the molecule is CC(C)(C)NC(=O)c1ccc2c(n1)nc(Nc1cccc(Cl)c1)c1ccncc12. The lowest BCUT2D eigenvalue weighted by molar-refractivity contribution is 0.0914. The maximum atomic E-state index is 12.5. The van der Waals surface area contributed by atoms with Crippen LogP contribution in [0.25, 0.3) is 21.8 Å². The molecule has 0 saturated heterocycles. The van der Waals surface area contributed by atoms with Gasteiger partial charge in [0.25, 0.3) is 5.91 Å². The minimum atomic E-state index is -0.353. The third kappa shape index (κ3) is 4.12. The van der Waals surface area contributed by atoms with E-state index in [9.17, 15) is 4.79 Å². The van der Waals surface area contributed by atoms with Crippen molar-refractivity contribution in [3.8, 4) is 0 Å². The van der Waals surface area contributed by atoms with Crippen molar-refractivity contribution < 1.29 is 4.79 Å². The lowest BCUT2D eigenvalue weighted by Gasteiger charge is -2.20. The number of aromatic nitrogens is 3.